The van der Waals surface area contributed by atoms with Crippen LogP contribution >= 0.6 is 0 Å². The topological polar surface area (TPSA) is 35.5 Å². The zero-order chi connectivity index (χ0) is 13.8. The average molecular weight is 268 g/mol. The summed E-state index contributed by atoms with van der Waals surface area (Å²) in [6.07, 6.45) is -2.22. The predicted octanol–water partition coefficient (Wildman–Crippen LogP) is 1.62. The van der Waals surface area contributed by atoms with Gasteiger partial charge in [-0.3, -0.25) is 4.90 Å². The number of nitrogens with one attached hydrogen (secondary N) is 1. The molecule has 1 unspecified atom stereocenters. The van der Waals surface area contributed by atoms with Crippen LogP contribution in [0.25, 0.3) is 0 Å². The molecule has 1 saturated carbocycles. The van der Waals surface area contributed by atoms with Gasteiger partial charge < -0.3 is 10.4 Å². The second kappa shape index (κ2) is 6.21. The summed E-state index contributed by atoms with van der Waals surface area (Å²) in [6.45, 7) is 3.83. The molecule has 6 heteroatoms. The summed E-state index contributed by atoms with van der Waals surface area (Å²) in [5.74, 6) is 0.296. The van der Waals surface area contributed by atoms with Gasteiger partial charge in [0.05, 0.1) is 18.7 Å². The van der Waals surface area contributed by atoms with Crippen molar-refractivity contribution < 1.29 is 18.3 Å². The van der Waals surface area contributed by atoms with Gasteiger partial charge in [0.1, 0.15) is 0 Å². The van der Waals surface area contributed by atoms with Gasteiger partial charge in [0.15, 0.2) is 0 Å². The maximum Gasteiger partial charge on any atom is 0.401 e. The van der Waals surface area contributed by atoms with E-state index in [1.54, 1.807) is 6.92 Å². The fraction of sp³-hybridized carbons (Fsp3) is 1.00. The number of hydrogen-bond donors (Lipinski definition) is 2. The zero-order valence-electron chi connectivity index (χ0n) is 11.1. The molecule has 1 atom stereocenters. The van der Waals surface area contributed by atoms with Gasteiger partial charge in [-0.05, 0) is 31.8 Å². The van der Waals surface area contributed by atoms with Crippen LogP contribution in [0.1, 0.15) is 26.7 Å². The van der Waals surface area contributed by atoms with Crippen LogP contribution in [0, 0.1) is 5.92 Å². The van der Waals surface area contributed by atoms with Gasteiger partial charge in [-0.2, -0.15) is 13.2 Å². The summed E-state index contributed by atoms with van der Waals surface area (Å²) < 4.78 is 37.3. The molecule has 0 aromatic rings. The van der Waals surface area contributed by atoms with Crippen LogP contribution in [-0.4, -0.2) is 54.5 Å². The highest BCUT2D eigenvalue weighted by Gasteiger charge is 2.46. The van der Waals surface area contributed by atoms with E-state index in [-0.39, 0.29) is 13.2 Å². The fourth-order valence-corrected chi connectivity index (χ4v) is 2.48. The first kappa shape index (κ1) is 15.7. The number of likely N-dealkylation sites (N-methyl/N-ethyl adjacent to an activating group) is 2. The van der Waals surface area contributed by atoms with E-state index in [4.69, 9.17) is 0 Å². The van der Waals surface area contributed by atoms with Crippen LogP contribution in [0.2, 0.25) is 0 Å². The molecular weight excluding hydrogens is 245 g/mol. The maximum atomic E-state index is 12.4. The number of nitrogens with zero attached hydrogens (tertiary/aromatic N) is 1. The number of aliphatic hydroxyl groups is 1. The Kier molecular flexibility index (Phi) is 5.43. The highest BCUT2D eigenvalue weighted by Crippen LogP contribution is 2.40. The van der Waals surface area contributed by atoms with Crippen LogP contribution < -0.4 is 5.32 Å². The van der Waals surface area contributed by atoms with Crippen LogP contribution in [0.5, 0.6) is 0 Å². The molecule has 0 aromatic carbocycles. The summed E-state index contributed by atoms with van der Waals surface area (Å²) >= 11 is 0. The molecule has 1 aliphatic rings. The molecule has 0 aliphatic heterocycles. The van der Waals surface area contributed by atoms with E-state index in [9.17, 15) is 18.3 Å². The molecule has 18 heavy (non-hydrogen) atoms. The van der Waals surface area contributed by atoms with Crippen molar-refractivity contribution in [3.8, 4) is 0 Å². The SMILES string of the molecule is CCNC(CO)(CN(CC)CC(F)(F)F)C1CC1. The van der Waals surface area contributed by atoms with E-state index < -0.39 is 18.3 Å². The molecule has 0 saturated heterocycles. The number of hydrogen-bond acceptors (Lipinski definition) is 3. The molecule has 0 heterocycles. The highest BCUT2D eigenvalue weighted by atomic mass is 19.4. The van der Waals surface area contributed by atoms with E-state index in [0.717, 1.165) is 12.8 Å². The van der Waals surface area contributed by atoms with Crippen molar-refractivity contribution in [3.63, 3.8) is 0 Å². The minimum Gasteiger partial charge on any atom is -0.394 e. The highest BCUT2D eigenvalue weighted by molar-refractivity contribution is 5.02. The minimum absolute atomic E-state index is 0.111. The zero-order valence-corrected chi connectivity index (χ0v) is 11.1. The van der Waals surface area contributed by atoms with E-state index in [1.165, 1.54) is 4.90 Å². The predicted molar refractivity (Wildman–Crippen MR) is 64.4 cm³/mol. The summed E-state index contributed by atoms with van der Waals surface area (Å²) in [4.78, 5) is 1.36. The first-order valence-corrected chi connectivity index (χ1v) is 6.52. The minimum atomic E-state index is -4.19. The Labute approximate surface area is 106 Å². The van der Waals surface area contributed by atoms with Crippen LogP contribution in [0.4, 0.5) is 13.2 Å². The van der Waals surface area contributed by atoms with Crippen molar-refractivity contribution in [1.82, 2.24) is 10.2 Å². The fourth-order valence-electron chi connectivity index (χ4n) is 2.48. The summed E-state index contributed by atoms with van der Waals surface area (Å²) in [7, 11) is 0. The second-order valence-corrected chi connectivity index (χ2v) is 5.04. The van der Waals surface area contributed by atoms with Crippen molar-refractivity contribution in [1.29, 1.82) is 0 Å². The van der Waals surface area contributed by atoms with Crippen molar-refractivity contribution in [2.45, 2.75) is 38.4 Å². The maximum absolute atomic E-state index is 12.4. The molecule has 2 N–H and O–H groups in total. The molecule has 3 nitrogen and oxygen atoms in total. The van der Waals surface area contributed by atoms with Crippen LogP contribution in [0.15, 0.2) is 0 Å². The third-order valence-electron chi connectivity index (χ3n) is 3.53. The van der Waals surface area contributed by atoms with Gasteiger partial charge in [0.25, 0.3) is 0 Å². The van der Waals surface area contributed by atoms with E-state index in [2.05, 4.69) is 5.32 Å². The Morgan fingerprint density at radius 2 is 1.83 bits per heavy atom. The molecular formula is C12H23F3N2O. The van der Waals surface area contributed by atoms with Crippen LogP contribution in [0.3, 0.4) is 0 Å². The molecule has 0 amide bonds. The normalized spacial score (nSPS) is 20.2. The Balaban J connectivity index is 2.68. The van der Waals surface area contributed by atoms with Gasteiger partial charge in [-0.25, -0.2) is 0 Å². The molecule has 1 fully saturated rings. The lowest BCUT2D eigenvalue weighted by Crippen LogP contribution is -2.58. The summed E-state index contributed by atoms with van der Waals surface area (Å²) in [5, 5.41) is 12.8. The van der Waals surface area contributed by atoms with Crippen molar-refractivity contribution in [2.75, 3.05) is 32.8 Å². The van der Waals surface area contributed by atoms with Gasteiger partial charge in [0.2, 0.25) is 0 Å². The monoisotopic (exact) mass is 268 g/mol. The first-order chi connectivity index (χ1) is 8.37. The second-order valence-electron chi connectivity index (χ2n) is 5.04. The van der Waals surface area contributed by atoms with E-state index >= 15 is 0 Å². The first-order valence-electron chi connectivity index (χ1n) is 6.52. The van der Waals surface area contributed by atoms with Crippen molar-refractivity contribution >= 4 is 0 Å². The average Bonchev–Trinajstić information content (AvgIpc) is 3.09. The van der Waals surface area contributed by atoms with Gasteiger partial charge >= 0.3 is 6.18 Å². The smallest absolute Gasteiger partial charge is 0.394 e. The van der Waals surface area contributed by atoms with Gasteiger partial charge in [0, 0.05) is 6.54 Å². The molecule has 1 rings (SSSR count). The molecule has 108 valence electrons. The van der Waals surface area contributed by atoms with Gasteiger partial charge in [-0.15, -0.1) is 0 Å². The van der Waals surface area contributed by atoms with Crippen LogP contribution in [-0.2, 0) is 0 Å². The molecule has 1 aliphatic carbocycles. The number of alkyl halides is 3. The molecule has 0 spiro atoms. The Morgan fingerprint density at radius 3 is 2.17 bits per heavy atom. The third-order valence-corrected chi connectivity index (χ3v) is 3.53. The number of rotatable bonds is 8. The Morgan fingerprint density at radius 1 is 1.22 bits per heavy atom. The van der Waals surface area contributed by atoms with Gasteiger partial charge in [-0.1, -0.05) is 13.8 Å². The quantitative estimate of drug-likeness (QED) is 0.702. The number of halogens is 3. The lowest BCUT2D eigenvalue weighted by molar-refractivity contribution is -0.148. The Hall–Kier alpha value is -0.330. The van der Waals surface area contributed by atoms with Crippen molar-refractivity contribution in [3.05, 3.63) is 0 Å². The molecule has 0 radical (unpaired) electrons. The molecule has 0 bridgehead atoms. The molecule has 0 aromatic heterocycles. The van der Waals surface area contributed by atoms with Crippen molar-refractivity contribution in [2.24, 2.45) is 5.92 Å². The number of aliphatic hydroxyl groups excluding tert-OH is 1. The lowest BCUT2D eigenvalue weighted by Gasteiger charge is -2.38. The van der Waals surface area contributed by atoms with E-state index in [0.29, 0.717) is 19.0 Å². The summed E-state index contributed by atoms with van der Waals surface area (Å²) in [5.41, 5.74) is -0.573. The Bertz CT molecular complexity index is 256. The largest absolute Gasteiger partial charge is 0.401 e. The summed E-state index contributed by atoms with van der Waals surface area (Å²) in [6, 6.07) is 0. The van der Waals surface area contributed by atoms with E-state index in [1.807, 2.05) is 6.92 Å². The lowest BCUT2D eigenvalue weighted by atomic mass is 9.93. The standard InChI is InChI=1S/C12H23F3N2O/c1-3-16-11(9-18,10-5-6-10)7-17(4-2)8-12(13,14)15/h10,16,18H,3-9H2,1-2H3. The third kappa shape index (κ3) is 4.40.